The van der Waals surface area contributed by atoms with Crippen molar-refractivity contribution in [3.05, 3.63) is 0 Å². The van der Waals surface area contributed by atoms with Crippen LogP contribution in [0.4, 0.5) is 0 Å². The minimum atomic E-state index is -0.139. The Bertz CT molecular complexity index is 174. The van der Waals surface area contributed by atoms with E-state index in [1.165, 1.54) is 25.7 Å². The van der Waals surface area contributed by atoms with Gasteiger partial charge in [-0.25, -0.2) is 0 Å². The van der Waals surface area contributed by atoms with Crippen molar-refractivity contribution in [2.75, 3.05) is 13.1 Å². The van der Waals surface area contributed by atoms with Crippen LogP contribution < -0.4 is 11.1 Å². The Morgan fingerprint density at radius 1 is 1.29 bits per heavy atom. The van der Waals surface area contributed by atoms with Crippen molar-refractivity contribution in [2.45, 2.75) is 39.0 Å². The summed E-state index contributed by atoms with van der Waals surface area (Å²) < 4.78 is 0. The fraction of sp³-hybridized carbons (Fsp3) is 0.909. The quantitative estimate of drug-likeness (QED) is 0.699. The molecule has 1 aliphatic rings. The molecular weight excluding hydrogens is 176 g/mol. The van der Waals surface area contributed by atoms with Crippen LogP contribution >= 0.6 is 0 Å². The summed E-state index contributed by atoms with van der Waals surface area (Å²) in [6.45, 7) is 4.33. The van der Waals surface area contributed by atoms with Crippen LogP contribution in [0.5, 0.6) is 0 Å². The van der Waals surface area contributed by atoms with Crippen LogP contribution in [0.25, 0.3) is 0 Å². The predicted molar refractivity (Wildman–Crippen MR) is 57.8 cm³/mol. The van der Waals surface area contributed by atoms with Crippen LogP contribution in [0, 0.1) is 11.8 Å². The lowest BCUT2D eigenvalue weighted by molar-refractivity contribution is -0.119. The van der Waals surface area contributed by atoms with Gasteiger partial charge in [0.2, 0.25) is 5.91 Å². The van der Waals surface area contributed by atoms with Crippen LogP contribution in [-0.2, 0) is 4.79 Å². The third kappa shape index (κ3) is 4.09. The van der Waals surface area contributed by atoms with E-state index in [0.717, 1.165) is 19.0 Å². The lowest BCUT2D eigenvalue weighted by Crippen LogP contribution is -2.27. The molecular formula is C11H22N2O. The molecule has 1 amide bonds. The maximum Gasteiger partial charge on any atom is 0.217 e. The van der Waals surface area contributed by atoms with E-state index >= 15 is 0 Å². The van der Waals surface area contributed by atoms with Crippen molar-refractivity contribution >= 4 is 5.91 Å². The minimum Gasteiger partial charge on any atom is -0.370 e. The number of amides is 1. The molecule has 1 aliphatic carbocycles. The molecule has 3 N–H and O–H groups in total. The van der Waals surface area contributed by atoms with Crippen molar-refractivity contribution < 1.29 is 4.79 Å². The Hall–Kier alpha value is -0.570. The van der Waals surface area contributed by atoms with E-state index in [9.17, 15) is 4.79 Å². The molecule has 0 heterocycles. The molecule has 1 fully saturated rings. The standard InChI is InChI=1S/C11H22N2O/c1-2-13-8-10-5-3-9(4-6-10)7-11(12)14/h9-10,13H,2-8H2,1H3,(H2,12,14). The van der Waals surface area contributed by atoms with Gasteiger partial charge in [-0.05, 0) is 50.6 Å². The first-order chi connectivity index (χ1) is 6.72. The van der Waals surface area contributed by atoms with Crippen molar-refractivity contribution in [1.82, 2.24) is 5.32 Å². The first-order valence-electron chi connectivity index (χ1n) is 5.71. The molecule has 3 nitrogen and oxygen atoms in total. The van der Waals surface area contributed by atoms with E-state index in [0.29, 0.717) is 12.3 Å². The highest BCUT2D eigenvalue weighted by molar-refractivity contribution is 5.73. The molecule has 0 atom stereocenters. The summed E-state index contributed by atoms with van der Waals surface area (Å²) in [5, 5.41) is 3.38. The molecule has 0 aromatic carbocycles. The molecule has 0 aromatic heterocycles. The van der Waals surface area contributed by atoms with Gasteiger partial charge in [-0.15, -0.1) is 0 Å². The Kier molecular flexibility index (Phi) is 4.94. The lowest BCUT2D eigenvalue weighted by atomic mass is 9.80. The average molecular weight is 198 g/mol. The third-order valence-electron chi connectivity index (χ3n) is 3.14. The molecule has 0 aliphatic heterocycles. The van der Waals surface area contributed by atoms with E-state index in [2.05, 4.69) is 12.2 Å². The molecule has 0 radical (unpaired) electrons. The summed E-state index contributed by atoms with van der Waals surface area (Å²) in [6, 6.07) is 0. The number of carbonyl (C=O) groups excluding carboxylic acids is 1. The molecule has 0 spiro atoms. The fourth-order valence-electron chi connectivity index (χ4n) is 2.27. The third-order valence-corrected chi connectivity index (χ3v) is 3.14. The maximum atomic E-state index is 10.7. The van der Waals surface area contributed by atoms with Gasteiger partial charge in [0.1, 0.15) is 0 Å². The summed E-state index contributed by atoms with van der Waals surface area (Å²) in [5.41, 5.74) is 5.19. The number of hydrogen-bond donors (Lipinski definition) is 2. The van der Waals surface area contributed by atoms with Crippen LogP contribution in [0.2, 0.25) is 0 Å². The van der Waals surface area contributed by atoms with E-state index in [1.807, 2.05) is 0 Å². The Morgan fingerprint density at radius 3 is 2.36 bits per heavy atom. The van der Waals surface area contributed by atoms with E-state index in [-0.39, 0.29) is 5.91 Å². The number of primary amides is 1. The second kappa shape index (κ2) is 6.02. The zero-order chi connectivity index (χ0) is 10.4. The van der Waals surface area contributed by atoms with Crippen LogP contribution in [0.3, 0.4) is 0 Å². The first kappa shape index (κ1) is 11.5. The topological polar surface area (TPSA) is 55.1 Å². The lowest BCUT2D eigenvalue weighted by Gasteiger charge is -2.27. The van der Waals surface area contributed by atoms with Gasteiger partial charge < -0.3 is 11.1 Å². The van der Waals surface area contributed by atoms with Gasteiger partial charge in [0, 0.05) is 6.42 Å². The second-order valence-corrected chi connectivity index (χ2v) is 4.36. The number of nitrogens with two attached hydrogens (primary N) is 1. The smallest absolute Gasteiger partial charge is 0.217 e. The highest BCUT2D eigenvalue weighted by Crippen LogP contribution is 2.30. The largest absolute Gasteiger partial charge is 0.370 e. The summed E-state index contributed by atoms with van der Waals surface area (Å²) in [7, 11) is 0. The Labute approximate surface area is 86.4 Å². The van der Waals surface area contributed by atoms with Crippen LogP contribution in [-0.4, -0.2) is 19.0 Å². The number of carbonyl (C=O) groups is 1. The molecule has 3 heteroatoms. The number of rotatable bonds is 5. The highest BCUT2D eigenvalue weighted by Gasteiger charge is 2.21. The fourth-order valence-corrected chi connectivity index (χ4v) is 2.27. The summed E-state index contributed by atoms with van der Waals surface area (Å²) >= 11 is 0. The molecule has 0 saturated heterocycles. The molecule has 0 aromatic rings. The van der Waals surface area contributed by atoms with E-state index < -0.39 is 0 Å². The van der Waals surface area contributed by atoms with Crippen molar-refractivity contribution in [2.24, 2.45) is 17.6 Å². The molecule has 1 rings (SSSR count). The molecule has 82 valence electrons. The van der Waals surface area contributed by atoms with Crippen molar-refractivity contribution in [1.29, 1.82) is 0 Å². The van der Waals surface area contributed by atoms with Gasteiger partial charge in [0.15, 0.2) is 0 Å². The second-order valence-electron chi connectivity index (χ2n) is 4.36. The molecule has 0 bridgehead atoms. The van der Waals surface area contributed by atoms with Gasteiger partial charge in [0.05, 0.1) is 0 Å². The highest BCUT2D eigenvalue weighted by atomic mass is 16.1. The van der Waals surface area contributed by atoms with E-state index in [4.69, 9.17) is 5.73 Å². The summed E-state index contributed by atoms with van der Waals surface area (Å²) in [6.07, 6.45) is 5.46. The normalized spacial score (nSPS) is 27.5. The predicted octanol–water partition coefficient (Wildman–Crippen LogP) is 1.28. The first-order valence-corrected chi connectivity index (χ1v) is 5.71. The van der Waals surface area contributed by atoms with E-state index in [1.54, 1.807) is 0 Å². The monoisotopic (exact) mass is 198 g/mol. The minimum absolute atomic E-state index is 0.139. The SMILES string of the molecule is CCNCC1CCC(CC(N)=O)CC1. The summed E-state index contributed by atoms with van der Waals surface area (Å²) in [4.78, 5) is 10.7. The Balaban J connectivity index is 2.14. The van der Waals surface area contributed by atoms with Gasteiger partial charge in [-0.3, -0.25) is 4.79 Å². The van der Waals surface area contributed by atoms with Gasteiger partial charge in [0.25, 0.3) is 0 Å². The molecule has 1 saturated carbocycles. The molecule has 0 unspecified atom stereocenters. The Morgan fingerprint density at radius 2 is 1.86 bits per heavy atom. The number of nitrogens with one attached hydrogen (secondary N) is 1. The van der Waals surface area contributed by atoms with Gasteiger partial charge >= 0.3 is 0 Å². The van der Waals surface area contributed by atoms with Crippen LogP contribution in [0.15, 0.2) is 0 Å². The van der Waals surface area contributed by atoms with Crippen LogP contribution in [0.1, 0.15) is 39.0 Å². The summed E-state index contributed by atoms with van der Waals surface area (Å²) in [5.74, 6) is 1.24. The zero-order valence-electron chi connectivity index (χ0n) is 9.09. The zero-order valence-corrected chi connectivity index (χ0v) is 9.09. The molecule has 14 heavy (non-hydrogen) atoms. The van der Waals surface area contributed by atoms with Crippen molar-refractivity contribution in [3.8, 4) is 0 Å². The van der Waals surface area contributed by atoms with Gasteiger partial charge in [-0.2, -0.15) is 0 Å². The number of hydrogen-bond acceptors (Lipinski definition) is 2. The van der Waals surface area contributed by atoms with Crippen molar-refractivity contribution in [3.63, 3.8) is 0 Å². The maximum absolute atomic E-state index is 10.7. The van der Waals surface area contributed by atoms with Gasteiger partial charge in [-0.1, -0.05) is 6.92 Å². The average Bonchev–Trinajstić information content (AvgIpc) is 2.16.